The monoisotopic (exact) mass is 270 g/mol. The van der Waals surface area contributed by atoms with Gasteiger partial charge in [-0.3, -0.25) is 10.1 Å². The van der Waals surface area contributed by atoms with E-state index in [0.717, 1.165) is 50.7 Å². The fraction of sp³-hybridized carbons (Fsp3) is 0.538. The molecule has 0 amide bonds. The van der Waals surface area contributed by atoms with Crippen molar-refractivity contribution in [3.63, 3.8) is 0 Å². The minimum absolute atomic E-state index is 0.0301. The van der Waals surface area contributed by atoms with Crippen molar-refractivity contribution < 1.29 is 13.7 Å². The fourth-order valence-corrected chi connectivity index (χ4v) is 2.46. The van der Waals surface area contributed by atoms with Crippen LogP contribution in [0.25, 0.3) is 0 Å². The third-order valence-corrected chi connectivity index (χ3v) is 3.47. The van der Waals surface area contributed by atoms with Gasteiger partial charge in [-0.25, -0.2) is 8.78 Å². The summed E-state index contributed by atoms with van der Waals surface area (Å²) < 4.78 is 27.0. The molecule has 6 heteroatoms. The Hall–Kier alpha value is -1.72. The van der Waals surface area contributed by atoms with Crippen molar-refractivity contribution >= 4 is 11.4 Å². The van der Waals surface area contributed by atoms with Crippen LogP contribution in [-0.4, -0.2) is 11.0 Å². The normalized spacial score (nSPS) is 16.9. The van der Waals surface area contributed by atoms with Gasteiger partial charge in [0.05, 0.1) is 4.92 Å². The van der Waals surface area contributed by atoms with Crippen LogP contribution >= 0.6 is 0 Å². The van der Waals surface area contributed by atoms with Crippen molar-refractivity contribution in [3.8, 4) is 0 Å². The molecular weight excluding hydrogens is 254 g/mol. The Morgan fingerprint density at radius 3 is 2.37 bits per heavy atom. The number of anilines is 1. The second-order valence-corrected chi connectivity index (χ2v) is 4.85. The van der Waals surface area contributed by atoms with Gasteiger partial charge in [-0.15, -0.1) is 0 Å². The van der Waals surface area contributed by atoms with Gasteiger partial charge in [-0.05, 0) is 18.9 Å². The highest BCUT2D eigenvalue weighted by Gasteiger charge is 2.24. The van der Waals surface area contributed by atoms with Crippen LogP contribution in [0.4, 0.5) is 20.2 Å². The molecule has 104 valence electrons. The smallest absolute Gasteiger partial charge is 0.295 e. The third kappa shape index (κ3) is 3.19. The Morgan fingerprint density at radius 2 is 1.79 bits per heavy atom. The molecular formula is C13H16F2N2O2. The van der Waals surface area contributed by atoms with Gasteiger partial charge in [0.1, 0.15) is 0 Å². The molecule has 0 heterocycles. The zero-order valence-corrected chi connectivity index (χ0v) is 10.5. The van der Waals surface area contributed by atoms with E-state index in [1.54, 1.807) is 0 Å². The summed E-state index contributed by atoms with van der Waals surface area (Å²) in [6.45, 7) is 0. The van der Waals surface area contributed by atoms with Crippen molar-refractivity contribution in [1.29, 1.82) is 0 Å². The molecule has 1 N–H and O–H groups in total. The lowest BCUT2D eigenvalue weighted by molar-refractivity contribution is -0.384. The van der Waals surface area contributed by atoms with E-state index in [4.69, 9.17) is 0 Å². The molecule has 1 fully saturated rings. The van der Waals surface area contributed by atoms with E-state index in [0.29, 0.717) is 0 Å². The van der Waals surface area contributed by atoms with Gasteiger partial charge in [-0.2, -0.15) is 0 Å². The van der Waals surface area contributed by atoms with E-state index in [9.17, 15) is 18.9 Å². The maximum absolute atomic E-state index is 13.7. The molecule has 0 aliphatic heterocycles. The standard InChI is InChI=1S/C13H16F2N2O2/c14-10-7-8-11(17(18)19)13(12(10)15)16-9-5-3-1-2-4-6-9/h7-9,16H,1-6H2. The quantitative estimate of drug-likeness (QED) is 0.513. The molecule has 1 aromatic rings. The number of nitro benzene ring substituents is 1. The highest BCUT2D eigenvalue weighted by molar-refractivity contribution is 5.63. The zero-order chi connectivity index (χ0) is 13.8. The first-order chi connectivity index (χ1) is 9.09. The van der Waals surface area contributed by atoms with Gasteiger partial charge in [0.15, 0.2) is 17.3 Å². The van der Waals surface area contributed by atoms with E-state index >= 15 is 0 Å². The number of halogens is 2. The minimum Gasteiger partial charge on any atom is -0.374 e. The molecule has 0 radical (unpaired) electrons. The van der Waals surface area contributed by atoms with E-state index < -0.39 is 22.2 Å². The Morgan fingerprint density at radius 1 is 1.16 bits per heavy atom. The van der Waals surface area contributed by atoms with Gasteiger partial charge in [0, 0.05) is 12.1 Å². The Labute approximate surface area is 110 Å². The van der Waals surface area contributed by atoms with Crippen LogP contribution in [0.15, 0.2) is 12.1 Å². The molecule has 4 nitrogen and oxygen atoms in total. The lowest BCUT2D eigenvalue weighted by Gasteiger charge is -2.18. The van der Waals surface area contributed by atoms with E-state index in [1.807, 2.05) is 0 Å². The fourth-order valence-electron chi connectivity index (χ4n) is 2.46. The zero-order valence-electron chi connectivity index (χ0n) is 10.5. The average Bonchev–Trinajstić information content (AvgIpc) is 2.63. The highest BCUT2D eigenvalue weighted by atomic mass is 19.2. The first-order valence-electron chi connectivity index (χ1n) is 6.48. The summed E-state index contributed by atoms with van der Waals surface area (Å²) in [5.41, 5.74) is -0.736. The second-order valence-electron chi connectivity index (χ2n) is 4.85. The summed E-state index contributed by atoms with van der Waals surface area (Å²) in [5, 5.41) is 13.7. The minimum atomic E-state index is -1.17. The number of nitrogens with zero attached hydrogens (tertiary/aromatic N) is 1. The highest BCUT2D eigenvalue weighted by Crippen LogP contribution is 2.31. The second kappa shape index (κ2) is 5.95. The summed E-state index contributed by atoms with van der Waals surface area (Å²) in [6, 6.07) is 1.75. The molecule has 1 saturated carbocycles. The lowest BCUT2D eigenvalue weighted by Crippen LogP contribution is -2.20. The largest absolute Gasteiger partial charge is 0.374 e. The number of nitro groups is 1. The number of rotatable bonds is 3. The van der Waals surface area contributed by atoms with Gasteiger partial charge < -0.3 is 5.32 Å². The average molecular weight is 270 g/mol. The Bertz CT molecular complexity index is 472. The number of benzene rings is 1. The molecule has 0 bridgehead atoms. The maximum Gasteiger partial charge on any atom is 0.295 e. The molecule has 1 aliphatic carbocycles. The van der Waals surface area contributed by atoms with Gasteiger partial charge in [0.25, 0.3) is 5.69 Å². The molecule has 19 heavy (non-hydrogen) atoms. The van der Waals surface area contributed by atoms with Gasteiger partial charge >= 0.3 is 0 Å². The summed E-state index contributed by atoms with van der Waals surface area (Å²) in [5.74, 6) is -2.24. The number of hydrogen-bond acceptors (Lipinski definition) is 3. The molecule has 2 rings (SSSR count). The predicted octanol–water partition coefficient (Wildman–Crippen LogP) is 4.01. The summed E-state index contributed by atoms with van der Waals surface area (Å²) in [7, 11) is 0. The molecule has 1 aliphatic rings. The molecule has 0 unspecified atom stereocenters. The van der Waals surface area contributed by atoms with Crippen LogP contribution in [-0.2, 0) is 0 Å². The number of hydrogen-bond donors (Lipinski definition) is 1. The van der Waals surface area contributed by atoms with Crippen molar-refractivity contribution in [2.75, 3.05) is 5.32 Å². The molecule has 0 saturated heterocycles. The summed E-state index contributed by atoms with van der Waals surface area (Å²) in [4.78, 5) is 10.2. The SMILES string of the molecule is O=[N+]([O-])c1ccc(F)c(F)c1NC1CCCCCC1. The van der Waals surface area contributed by atoms with Crippen LogP contribution in [0.2, 0.25) is 0 Å². The van der Waals surface area contributed by atoms with Crippen LogP contribution in [0.5, 0.6) is 0 Å². The van der Waals surface area contributed by atoms with Crippen LogP contribution in [0.1, 0.15) is 38.5 Å². The Balaban J connectivity index is 2.26. The van der Waals surface area contributed by atoms with Crippen LogP contribution in [0.3, 0.4) is 0 Å². The van der Waals surface area contributed by atoms with Crippen molar-refractivity contribution in [3.05, 3.63) is 33.9 Å². The van der Waals surface area contributed by atoms with Crippen LogP contribution in [0, 0.1) is 21.7 Å². The number of nitrogens with one attached hydrogen (secondary N) is 1. The summed E-state index contributed by atoms with van der Waals surface area (Å²) >= 11 is 0. The predicted molar refractivity (Wildman–Crippen MR) is 68.1 cm³/mol. The molecule has 1 aromatic carbocycles. The van der Waals surface area contributed by atoms with E-state index in [-0.39, 0.29) is 11.7 Å². The molecule has 0 spiro atoms. The first-order valence-corrected chi connectivity index (χ1v) is 6.48. The van der Waals surface area contributed by atoms with Crippen molar-refractivity contribution in [2.45, 2.75) is 44.6 Å². The third-order valence-electron chi connectivity index (χ3n) is 3.47. The van der Waals surface area contributed by atoms with Gasteiger partial charge in [-0.1, -0.05) is 25.7 Å². The van der Waals surface area contributed by atoms with Crippen molar-refractivity contribution in [1.82, 2.24) is 0 Å². The summed E-state index contributed by atoms with van der Waals surface area (Å²) in [6.07, 6.45) is 5.89. The first kappa shape index (κ1) is 13.7. The topological polar surface area (TPSA) is 55.2 Å². The van der Waals surface area contributed by atoms with Crippen molar-refractivity contribution in [2.24, 2.45) is 0 Å². The molecule has 0 atom stereocenters. The van der Waals surface area contributed by atoms with E-state index in [1.165, 1.54) is 0 Å². The van der Waals surface area contributed by atoms with Crippen LogP contribution < -0.4 is 5.32 Å². The van der Waals surface area contributed by atoms with Gasteiger partial charge in [0.2, 0.25) is 0 Å². The van der Waals surface area contributed by atoms with E-state index in [2.05, 4.69) is 5.32 Å². The lowest BCUT2D eigenvalue weighted by atomic mass is 10.1. The molecule has 0 aromatic heterocycles. The maximum atomic E-state index is 13.7. The Kier molecular flexibility index (Phi) is 4.29.